The second-order valence-electron chi connectivity index (χ2n) is 7.32. The van der Waals surface area contributed by atoms with Gasteiger partial charge in [0.2, 0.25) is 0 Å². The van der Waals surface area contributed by atoms with Crippen molar-refractivity contribution in [3.63, 3.8) is 0 Å². The maximum absolute atomic E-state index is 12.6. The number of halogens is 3. The second-order valence-corrected chi connectivity index (χ2v) is 7.32. The molecule has 0 aliphatic carbocycles. The first kappa shape index (κ1) is 18.7. The molecule has 3 rings (SSSR count). The van der Waals surface area contributed by atoms with Gasteiger partial charge in [-0.05, 0) is 69.1 Å². The Labute approximate surface area is 148 Å². The summed E-state index contributed by atoms with van der Waals surface area (Å²) < 4.78 is 37.9. The Kier molecular flexibility index (Phi) is 6.36. The van der Waals surface area contributed by atoms with Gasteiger partial charge in [-0.15, -0.1) is 0 Å². The van der Waals surface area contributed by atoms with Crippen LogP contribution >= 0.6 is 0 Å². The minimum atomic E-state index is -4.25. The highest BCUT2D eigenvalue weighted by Crippen LogP contribution is 2.29. The number of hydrogen-bond donors (Lipinski definition) is 1. The van der Waals surface area contributed by atoms with Crippen molar-refractivity contribution < 1.29 is 13.2 Å². The minimum absolute atomic E-state index is 0.569. The topological polar surface area (TPSA) is 18.5 Å². The number of rotatable bonds is 4. The third-order valence-corrected chi connectivity index (χ3v) is 5.34. The number of nitrogens with one attached hydrogen (secondary N) is 1. The molecule has 0 unspecified atom stereocenters. The van der Waals surface area contributed by atoms with Gasteiger partial charge in [0.25, 0.3) is 0 Å². The van der Waals surface area contributed by atoms with E-state index in [9.17, 15) is 13.2 Å². The molecule has 2 heterocycles. The van der Waals surface area contributed by atoms with Crippen LogP contribution < -0.4 is 5.32 Å². The van der Waals surface area contributed by atoms with E-state index in [2.05, 4.69) is 15.1 Å². The smallest absolute Gasteiger partial charge is 0.317 e. The number of nitrogens with zero attached hydrogens (tertiary/aromatic N) is 2. The van der Waals surface area contributed by atoms with Crippen molar-refractivity contribution in [3.05, 3.63) is 35.4 Å². The molecule has 2 aliphatic heterocycles. The SMILES string of the molecule is FC(F)(F)c1ccc(CN2CCCN(CC3CCNCC3)CC2)cc1. The van der Waals surface area contributed by atoms with Crippen molar-refractivity contribution in [2.45, 2.75) is 32.0 Å². The van der Waals surface area contributed by atoms with Crippen LogP contribution in [0.5, 0.6) is 0 Å². The highest BCUT2D eigenvalue weighted by molar-refractivity contribution is 5.24. The van der Waals surface area contributed by atoms with Gasteiger partial charge in [0.15, 0.2) is 0 Å². The van der Waals surface area contributed by atoms with Crippen LogP contribution in [0.25, 0.3) is 0 Å². The summed E-state index contributed by atoms with van der Waals surface area (Å²) >= 11 is 0. The zero-order valence-corrected chi connectivity index (χ0v) is 14.7. The molecule has 0 saturated carbocycles. The van der Waals surface area contributed by atoms with Crippen molar-refractivity contribution in [2.75, 3.05) is 45.8 Å². The molecule has 2 saturated heterocycles. The van der Waals surface area contributed by atoms with E-state index in [0.29, 0.717) is 0 Å². The summed E-state index contributed by atoms with van der Waals surface area (Å²) in [6, 6.07) is 5.61. The van der Waals surface area contributed by atoms with E-state index in [1.165, 1.54) is 31.5 Å². The standard InChI is InChI=1S/C19H28F3N3/c20-19(21,22)18-4-2-16(3-5-18)14-24-10-1-11-25(13-12-24)15-17-6-8-23-9-7-17/h2-5,17,23H,1,6-15H2. The van der Waals surface area contributed by atoms with Crippen molar-refractivity contribution in [1.82, 2.24) is 15.1 Å². The summed E-state index contributed by atoms with van der Waals surface area (Å²) in [6.07, 6.45) is -0.584. The van der Waals surface area contributed by atoms with Crippen molar-refractivity contribution in [2.24, 2.45) is 5.92 Å². The first-order valence-corrected chi connectivity index (χ1v) is 9.32. The van der Waals surface area contributed by atoms with E-state index in [4.69, 9.17) is 0 Å². The van der Waals surface area contributed by atoms with E-state index in [1.54, 1.807) is 12.1 Å². The highest BCUT2D eigenvalue weighted by Gasteiger charge is 2.30. The number of hydrogen-bond acceptors (Lipinski definition) is 3. The molecular formula is C19H28F3N3. The van der Waals surface area contributed by atoms with Gasteiger partial charge in [-0.2, -0.15) is 13.2 Å². The molecule has 0 aromatic heterocycles. The molecule has 3 nitrogen and oxygen atoms in total. The van der Waals surface area contributed by atoms with Crippen molar-refractivity contribution >= 4 is 0 Å². The molecule has 2 fully saturated rings. The van der Waals surface area contributed by atoms with E-state index < -0.39 is 11.7 Å². The average molecular weight is 355 g/mol. The molecule has 1 N–H and O–H groups in total. The van der Waals surface area contributed by atoms with Crippen molar-refractivity contribution in [1.29, 1.82) is 0 Å². The zero-order chi connectivity index (χ0) is 17.7. The quantitative estimate of drug-likeness (QED) is 0.895. The van der Waals surface area contributed by atoms with E-state index in [0.717, 1.165) is 63.7 Å². The maximum atomic E-state index is 12.6. The lowest BCUT2D eigenvalue weighted by Crippen LogP contribution is -2.38. The molecule has 0 atom stereocenters. The van der Waals surface area contributed by atoms with Crippen LogP contribution in [0, 0.1) is 5.92 Å². The van der Waals surface area contributed by atoms with Crippen LogP contribution in [0.3, 0.4) is 0 Å². The lowest BCUT2D eigenvalue weighted by atomic mass is 9.97. The molecular weight excluding hydrogens is 327 g/mol. The van der Waals surface area contributed by atoms with E-state index >= 15 is 0 Å². The van der Waals surface area contributed by atoms with E-state index in [-0.39, 0.29) is 0 Å². The summed E-state index contributed by atoms with van der Waals surface area (Å²) in [4.78, 5) is 4.94. The molecule has 2 aliphatic rings. The third-order valence-electron chi connectivity index (χ3n) is 5.34. The van der Waals surface area contributed by atoms with Gasteiger partial charge in [-0.3, -0.25) is 4.90 Å². The Bertz CT molecular complexity index is 524. The van der Waals surface area contributed by atoms with Crippen molar-refractivity contribution in [3.8, 4) is 0 Å². The molecule has 25 heavy (non-hydrogen) atoms. The number of piperidine rings is 1. The molecule has 140 valence electrons. The van der Waals surface area contributed by atoms with Crippen LogP contribution in [0.15, 0.2) is 24.3 Å². The first-order chi connectivity index (χ1) is 12.0. The van der Waals surface area contributed by atoms with E-state index in [1.807, 2.05) is 0 Å². The summed E-state index contributed by atoms with van der Waals surface area (Å²) in [5.41, 5.74) is 0.389. The molecule has 1 aromatic carbocycles. The second kappa shape index (κ2) is 8.52. The largest absolute Gasteiger partial charge is 0.416 e. The molecule has 1 aromatic rings. The first-order valence-electron chi connectivity index (χ1n) is 9.32. The number of benzene rings is 1. The van der Waals surface area contributed by atoms with Gasteiger partial charge in [0.1, 0.15) is 0 Å². The zero-order valence-electron chi connectivity index (χ0n) is 14.7. The van der Waals surface area contributed by atoms with Crippen LogP contribution in [-0.2, 0) is 12.7 Å². The molecule has 0 bridgehead atoms. The normalized spacial score (nSPS) is 22.0. The fraction of sp³-hybridized carbons (Fsp3) is 0.684. The fourth-order valence-corrected chi connectivity index (χ4v) is 3.85. The Morgan fingerprint density at radius 1 is 0.920 bits per heavy atom. The van der Waals surface area contributed by atoms with Gasteiger partial charge in [-0.1, -0.05) is 12.1 Å². The Morgan fingerprint density at radius 2 is 1.56 bits per heavy atom. The Morgan fingerprint density at radius 3 is 2.24 bits per heavy atom. The molecule has 0 amide bonds. The molecule has 6 heteroatoms. The minimum Gasteiger partial charge on any atom is -0.317 e. The summed E-state index contributed by atoms with van der Waals surface area (Å²) in [6.45, 7) is 8.40. The van der Waals surface area contributed by atoms with Gasteiger partial charge >= 0.3 is 6.18 Å². The van der Waals surface area contributed by atoms with Crippen LogP contribution in [0.2, 0.25) is 0 Å². The summed E-state index contributed by atoms with van der Waals surface area (Å²) in [7, 11) is 0. The van der Waals surface area contributed by atoms with Gasteiger partial charge < -0.3 is 10.2 Å². The summed E-state index contributed by atoms with van der Waals surface area (Å²) in [5, 5.41) is 3.41. The maximum Gasteiger partial charge on any atom is 0.416 e. The molecule has 0 spiro atoms. The average Bonchev–Trinajstić information content (AvgIpc) is 2.81. The van der Waals surface area contributed by atoms with Crippen LogP contribution in [-0.4, -0.2) is 55.6 Å². The van der Waals surface area contributed by atoms with Gasteiger partial charge in [-0.25, -0.2) is 0 Å². The monoisotopic (exact) mass is 355 g/mol. The predicted octanol–water partition coefficient (Wildman–Crippen LogP) is 3.21. The predicted molar refractivity (Wildman–Crippen MR) is 93.4 cm³/mol. The Balaban J connectivity index is 1.47. The highest BCUT2D eigenvalue weighted by atomic mass is 19.4. The van der Waals surface area contributed by atoms with Gasteiger partial charge in [0.05, 0.1) is 5.56 Å². The lowest BCUT2D eigenvalue weighted by molar-refractivity contribution is -0.137. The summed E-state index contributed by atoms with van der Waals surface area (Å²) in [5.74, 6) is 0.808. The van der Waals surface area contributed by atoms with Gasteiger partial charge in [0, 0.05) is 26.2 Å². The fourth-order valence-electron chi connectivity index (χ4n) is 3.85. The Hall–Kier alpha value is -1.11. The third kappa shape index (κ3) is 5.69. The molecule has 0 radical (unpaired) electrons. The lowest BCUT2D eigenvalue weighted by Gasteiger charge is -2.29. The van der Waals surface area contributed by atoms with Crippen LogP contribution in [0.4, 0.5) is 13.2 Å². The number of alkyl halides is 3. The van der Waals surface area contributed by atoms with Crippen LogP contribution in [0.1, 0.15) is 30.4 Å².